The van der Waals surface area contributed by atoms with Crippen LogP contribution >= 0.6 is 0 Å². The molecule has 0 unspecified atom stereocenters. The standard InChI is InChI=1S/C25H24N2O6/c1-4-33-25(30)18-13-19(26-23(28)15-8-6-5-7-9-15)24(29)27-11-10-16-12-20(31-2)21(32-3)14-17(16)22(18)27/h5-9,12-14H,4,10-11H2,1-3H3,(H,26,28). The Kier molecular flexibility index (Phi) is 6.17. The van der Waals surface area contributed by atoms with Crippen LogP contribution in [0.25, 0.3) is 11.3 Å². The van der Waals surface area contributed by atoms with Crippen molar-refractivity contribution in [3.8, 4) is 22.8 Å². The molecule has 33 heavy (non-hydrogen) atoms. The first-order valence-corrected chi connectivity index (χ1v) is 10.5. The van der Waals surface area contributed by atoms with Crippen molar-refractivity contribution in [2.75, 3.05) is 26.1 Å². The molecule has 1 aliphatic rings. The summed E-state index contributed by atoms with van der Waals surface area (Å²) in [4.78, 5) is 38.9. The number of hydrogen-bond donors (Lipinski definition) is 1. The molecule has 0 fully saturated rings. The number of nitrogens with one attached hydrogen (secondary N) is 1. The third kappa shape index (κ3) is 4.07. The lowest BCUT2D eigenvalue weighted by Crippen LogP contribution is -2.32. The van der Waals surface area contributed by atoms with E-state index in [1.54, 1.807) is 50.4 Å². The summed E-state index contributed by atoms with van der Waals surface area (Å²) in [5.74, 6) is 0.0228. The van der Waals surface area contributed by atoms with Crippen LogP contribution in [-0.2, 0) is 17.7 Å². The Morgan fingerprint density at radius 1 is 1.03 bits per heavy atom. The molecule has 0 radical (unpaired) electrons. The van der Waals surface area contributed by atoms with Crippen molar-refractivity contribution in [1.82, 2.24) is 4.57 Å². The molecule has 0 bridgehead atoms. The van der Waals surface area contributed by atoms with Gasteiger partial charge in [0.05, 0.1) is 32.1 Å². The Morgan fingerprint density at radius 2 is 1.73 bits per heavy atom. The van der Waals surface area contributed by atoms with E-state index in [-0.39, 0.29) is 17.9 Å². The van der Waals surface area contributed by atoms with Crippen LogP contribution in [0.3, 0.4) is 0 Å². The Labute approximate surface area is 190 Å². The zero-order valence-electron chi connectivity index (χ0n) is 18.6. The van der Waals surface area contributed by atoms with E-state index in [9.17, 15) is 14.4 Å². The monoisotopic (exact) mass is 448 g/mol. The van der Waals surface area contributed by atoms with Crippen molar-refractivity contribution in [1.29, 1.82) is 0 Å². The van der Waals surface area contributed by atoms with Gasteiger partial charge in [0.25, 0.3) is 11.5 Å². The molecule has 1 aliphatic heterocycles. The van der Waals surface area contributed by atoms with Crippen molar-refractivity contribution >= 4 is 17.6 Å². The maximum atomic E-state index is 13.3. The lowest BCUT2D eigenvalue weighted by atomic mass is 9.93. The number of hydrogen-bond acceptors (Lipinski definition) is 6. The molecule has 0 saturated heterocycles. The number of pyridine rings is 1. The highest BCUT2D eigenvalue weighted by atomic mass is 16.5. The van der Waals surface area contributed by atoms with Crippen LogP contribution in [0.2, 0.25) is 0 Å². The number of ether oxygens (including phenoxy) is 3. The number of esters is 1. The summed E-state index contributed by atoms with van der Waals surface area (Å²) < 4.78 is 17.6. The van der Waals surface area contributed by atoms with Gasteiger partial charge in [0, 0.05) is 17.7 Å². The van der Waals surface area contributed by atoms with Crippen LogP contribution in [0.15, 0.2) is 53.3 Å². The van der Waals surface area contributed by atoms with E-state index in [0.717, 1.165) is 5.56 Å². The average Bonchev–Trinajstić information content (AvgIpc) is 2.84. The van der Waals surface area contributed by atoms with Gasteiger partial charge in [-0.15, -0.1) is 0 Å². The number of aromatic nitrogens is 1. The van der Waals surface area contributed by atoms with Crippen LogP contribution < -0.4 is 20.3 Å². The molecule has 1 N–H and O–H groups in total. The van der Waals surface area contributed by atoms with Gasteiger partial charge < -0.3 is 24.1 Å². The third-order valence-electron chi connectivity index (χ3n) is 5.54. The number of carbonyl (C=O) groups is 2. The molecule has 3 aromatic rings. The van der Waals surface area contributed by atoms with Crippen LogP contribution in [0.4, 0.5) is 5.69 Å². The SMILES string of the molecule is CCOC(=O)c1cc(NC(=O)c2ccccc2)c(=O)n2c1-c1cc(OC)c(OC)cc1CC2. The van der Waals surface area contributed by atoms with E-state index in [0.29, 0.717) is 41.3 Å². The van der Waals surface area contributed by atoms with Gasteiger partial charge in [-0.3, -0.25) is 9.59 Å². The summed E-state index contributed by atoms with van der Waals surface area (Å²) in [7, 11) is 3.08. The second kappa shape index (κ2) is 9.20. The van der Waals surface area contributed by atoms with Crippen molar-refractivity contribution in [2.45, 2.75) is 19.9 Å². The largest absolute Gasteiger partial charge is 0.493 e. The van der Waals surface area contributed by atoms with E-state index in [1.165, 1.54) is 17.7 Å². The van der Waals surface area contributed by atoms with Gasteiger partial charge in [-0.2, -0.15) is 0 Å². The molecule has 170 valence electrons. The van der Waals surface area contributed by atoms with E-state index >= 15 is 0 Å². The van der Waals surface area contributed by atoms with Gasteiger partial charge in [0.2, 0.25) is 0 Å². The predicted octanol–water partition coefficient (Wildman–Crippen LogP) is 3.52. The summed E-state index contributed by atoms with van der Waals surface area (Å²) in [5.41, 5.74) is 2.23. The zero-order valence-corrected chi connectivity index (χ0v) is 18.6. The van der Waals surface area contributed by atoms with Gasteiger partial charge in [-0.05, 0) is 49.2 Å². The highest BCUT2D eigenvalue weighted by Gasteiger charge is 2.28. The minimum Gasteiger partial charge on any atom is -0.493 e. The molecular formula is C25H24N2O6. The van der Waals surface area contributed by atoms with Gasteiger partial charge in [-0.25, -0.2) is 4.79 Å². The number of rotatable bonds is 6. The normalized spacial score (nSPS) is 11.7. The Balaban J connectivity index is 1.89. The molecule has 0 atom stereocenters. The Morgan fingerprint density at radius 3 is 2.39 bits per heavy atom. The first-order valence-electron chi connectivity index (χ1n) is 10.5. The highest BCUT2D eigenvalue weighted by molar-refractivity contribution is 6.05. The second-order valence-electron chi connectivity index (χ2n) is 7.43. The summed E-state index contributed by atoms with van der Waals surface area (Å²) in [6.45, 7) is 2.21. The summed E-state index contributed by atoms with van der Waals surface area (Å²) in [6, 6.07) is 13.5. The van der Waals surface area contributed by atoms with E-state index < -0.39 is 17.4 Å². The Bertz CT molecular complexity index is 1280. The minimum absolute atomic E-state index is 0.0135. The number of carbonyl (C=O) groups excluding carboxylic acids is 2. The number of methoxy groups -OCH3 is 2. The molecule has 2 heterocycles. The molecule has 2 aromatic carbocycles. The van der Waals surface area contributed by atoms with Crippen LogP contribution in [0.1, 0.15) is 33.2 Å². The number of amides is 1. The summed E-state index contributed by atoms with van der Waals surface area (Å²) >= 11 is 0. The first-order chi connectivity index (χ1) is 16.0. The molecule has 8 nitrogen and oxygen atoms in total. The topological polar surface area (TPSA) is 95.9 Å². The van der Waals surface area contributed by atoms with Crippen LogP contribution in [0, 0.1) is 0 Å². The third-order valence-corrected chi connectivity index (χ3v) is 5.54. The van der Waals surface area contributed by atoms with Crippen molar-refractivity contribution < 1.29 is 23.8 Å². The quantitative estimate of drug-likeness (QED) is 0.580. The maximum absolute atomic E-state index is 13.3. The smallest absolute Gasteiger partial charge is 0.340 e. The first kappa shape index (κ1) is 22.1. The van der Waals surface area contributed by atoms with Gasteiger partial charge in [0.1, 0.15) is 5.69 Å². The van der Waals surface area contributed by atoms with Gasteiger partial charge in [0.15, 0.2) is 11.5 Å². The fraction of sp³-hybridized carbons (Fsp3) is 0.240. The number of fused-ring (bicyclic) bond motifs is 3. The minimum atomic E-state index is -0.584. The molecular weight excluding hydrogens is 424 g/mol. The number of aryl methyl sites for hydroxylation is 1. The molecule has 4 rings (SSSR count). The summed E-state index contributed by atoms with van der Waals surface area (Å²) in [6.07, 6.45) is 0.543. The van der Waals surface area contributed by atoms with E-state index in [1.807, 2.05) is 6.07 Å². The lowest BCUT2D eigenvalue weighted by Gasteiger charge is -2.26. The van der Waals surface area contributed by atoms with Crippen LogP contribution in [-0.4, -0.2) is 37.3 Å². The van der Waals surface area contributed by atoms with Gasteiger partial charge in [-0.1, -0.05) is 18.2 Å². The molecule has 0 spiro atoms. The molecule has 0 aliphatic carbocycles. The fourth-order valence-corrected chi connectivity index (χ4v) is 3.99. The van der Waals surface area contributed by atoms with E-state index in [2.05, 4.69) is 5.32 Å². The summed E-state index contributed by atoms with van der Waals surface area (Å²) in [5, 5.41) is 2.65. The van der Waals surface area contributed by atoms with Gasteiger partial charge >= 0.3 is 5.97 Å². The lowest BCUT2D eigenvalue weighted by molar-refractivity contribution is 0.0526. The zero-order chi connectivity index (χ0) is 23.5. The number of nitrogens with zero attached hydrogens (tertiary/aromatic N) is 1. The highest BCUT2D eigenvalue weighted by Crippen LogP contribution is 2.39. The average molecular weight is 448 g/mol. The van der Waals surface area contributed by atoms with Crippen molar-refractivity contribution in [3.63, 3.8) is 0 Å². The molecule has 1 amide bonds. The van der Waals surface area contributed by atoms with Crippen molar-refractivity contribution in [3.05, 3.63) is 75.6 Å². The molecule has 1 aromatic heterocycles. The number of benzene rings is 2. The van der Waals surface area contributed by atoms with Crippen LogP contribution in [0.5, 0.6) is 11.5 Å². The molecule has 0 saturated carbocycles. The van der Waals surface area contributed by atoms with Crippen molar-refractivity contribution in [2.24, 2.45) is 0 Å². The second-order valence-corrected chi connectivity index (χ2v) is 7.43. The predicted molar refractivity (Wildman–Crippen MR) is 123 cm³/mol. The van der Waals surface area contributed by atoms with E-state index in [4.69, 9.17) is 14.2 Å². The Hall–Kier alpha value is -4.07. The fourth-order valence-electron chi connectivity index (χ4n) is 3.99. The molecule has 8 heteroatoms. The number of anilines is 1. The maximum Gasteiger partial charge on any atom is 0.340 e.